The maximum absolute atomic E-state index is 11.8. The van der Waals surface area contributed by atoms with E-state index in [9.17, 15) is 15.0 Å². The Bertz CT molecular complexity index is 405. The first-order valence-electron chi connectivity index (χ1n) is 6.24. The maximum atomic E-state index is 11.8. The zero-order valence-corrected chi connectivity index (χ0v) is 10.8. The molecule has 4 nitrogen and oxygen atoms in total. The van der Waals surface area contributed by atoms with Crippen LogP contribution >= 0.6 is 0 Å². The van der Waals surface area contributed by atoms with Crippen LogP contribution in [-0.4, -0.2) is 33.3 Å². The van der Waals surface area contributed by atoms with Crippen LogP contribution in [0.4, 0.5) is 0 Å². The third-order valence-corrected chi connectivity index (χ3v) is 3.75. The molecule has 3 atom stereocenters. The largest absolute Gasteiger partial charge is 0.488 e. The molecule has 0 amide bonds. The Morgan fingerprint density at radius 1 is 1.61 bits per heavy atom. The molecule has 0 aromatic heterocycles. The minimum Gasteiger partial charge on any atom is -0.488 e. The van der Waals surface area contributed by atoms with Crippen LogP contribution in [0.25, 0.3) is 0 Å². The smallest absolute Gasteiger partial charge is 0.162 e. The Morgan fingerprint density at radius 3 is 2.83 bits per heavy atom. The van der Waals surface area contributed by atoms with E-state index in [1.807, 2.05) is 0 Å². The summed E-state index contributed by atoms with van der Waals surface area (Å²) in [5.74, 6) is 0.0336. The molecule has 2 N–H and O–H groups in total. The molecule has 2 aliphatic rings. The maximum Gasteiger partial charge on any atom is 0.162 e. The van der Waals surface area contributed by atoms with Crippen molar-refractivity contribution < 1.29 is 19.7 Å². The lowest BCUT2D eigenvalue weighted by molar-refractivity contribution is -0.121. The van der Waals surface area contributed by atoms with E-state index in [4.69, 9.17) is 4.74 Å². The van der Waals surface area contributed by atoms with Gasteiger partial charge in [0, 0.05) is 18.4 Å². The predicted molar refractivity (Wildman–Crippen MR) is 66.7 cm³/mol. The van der Waals surface area contributed by atoms with Gasteiger partial charge in [-0.1, -0.05) is 6.08 Å². The van der Waals surface area contributed by atoms with E-state index in [2.05, 4.69) is 6.58 Å². The Labute approximate surface area is 107 Å². The molecular weight excluding hydrogens is 232 g/mol. The van der Waals surface area contributed by atoms with Crippen LogP contribution in [0, 0.1) is 5.92 Å². The summed E-state index contributed by atoms with van der Waals surface area (Å²) in [6.07, 6.45) is 3.80. The zero-order chi connectivity index (χ0) is 13.6. The summed E-state index contributed by atoms with van der Waals surface area (Å²) in [5.41, 5.74) is -2.16. The Hall–Kier alpha value is -1.13. The van der Waals surface area contributed by atoms with Crippen LogP contribution in [0.5, 0.6) is 0 Å². The lowest BCUT2D eigenvalue weighted by atomic mass is 9.77. The molecule has 1 saturated heterocycles. The van der Waals surface area contributed by atoms with Crippen LogP contribution in [0.3, 0.4) is 0 Å². The second kappa shape index (κ2) is 4.21. The number of ether oxygens (including phenoxy) is 1. The number of rotatable bonds is 3. The van der Waals surface area contributed by atoms with E-state index in [1.165, 1.54) is 6.08 Å². The van der Waals surface area contributed by atoms with E-state index < -0.39 is 17.3 Å². The number of carbonyl (C=O) groups is 1. The molecule has 1 aliphatic heterocycles. The highest BCUT2D eigenvalue weighted by Crippen LogP contribution is 2.45. The Morgan fingerprint density at radius 2 is 2.28 bits per heavy atom. The molecule has 0 radical (unpaired) electrons. The minimum absolute atomic E-state index is 0.0361. The molecule has 1 fully saturated rings. The lowest BCUT2D eigenvalue weighted by Gasteiger charge is -2.29. The van der Waals surface area contributed by atoms with Gasteiger partial charge in [-0.05, 0) is 26.7 Å². The molecule has 1 aliphatic carbocycles. The second-order valence-electron chi connectivity index (χ2n) is 5.83. The molecule has 0 spiro atoms. The number of aliphatic hydroxyl groups is 2. The fourth-order valence-electron chi connectivity index (χ4n) is 2.61. The highest BCUT2D eigenvalue weighted by atomic mass is 16.5. The van der Waals surface area contributed by atoms with Crippen LogP contribution in [0.2, 0.25) is 0 Å². The van der Waals surface area contributed by atoms with Gasteiger partial charge >= 0.3 is 0 Å². The number of ketones is 1. The van der Waals surface area contributed by atoms with E-state index in [0.717, 1.165) is 0 Å². The molecular formula is C14H20O4. The van der Waals surface area contributed by atoms with Crippen LogP contribution in [0.15, 0.2) is 24.5 Å². The number of fused-ring (bicyclic) bond motifs is 1. The third kappa shape index (κ3) is 2.22. The second-order valence-corrected chi connectivity index (χ2v) is 5.83. The molecule has 18 heavy (non-hydrogen) atoms. The zero-order valence-electron chi connectivity index (χ0n) is 10.8. The minimum atomic E-state index is -1.12. The van der Waals surface area contributed by atoms with Crippen molar-refractivity contribution in [2.24, 2.45) is 5.92 Å². The molecule has 1 heterocycles. The predicted octanol–water partition coefficient (Wildman–Crippen LogP) is 1.33. The average molecular weight is 252 g/mol. The highest BCUT2D eigenvalue weighted by molar-refractivity contribution is 5.93. The molecule has 0 aromatic carbocycles. The van der Waals surface area contributed by atoms with Crippen LogP contribution in [0.1, 0.15) is 33.1 Å². The molecule has 4 heteroatoms. The average Bonchev–Trinajstić information content (AvgIpc) is 2.56. The van der Waals surface area contributed by atoms with Crippen molar-refractivity contribution in [2.75, 3.05) is 0 Å². The van der Waals surface area contributed by atoms with Crippen molar-refractivity contribution in [3.8, 4) is 0 Å². The third-order valence-electron chi connectivity index (χ3n) is 3.75. The normalized spacial score (nSPS) is 35.8. The fraction of sp³-hybridized carbons (Fsp3) is 0.643. The topological polar surface area (TPSA) is 66.8 Å². The molecule has 0 aromatic rings. The van der Waals surface area contributed by atoms with Crippen molar-refractivity contribution in [1.29, 1.82) is 0 Å². The van der Waals surface area contributed by atoms with E-state index in [-0.39, 0.29) is 11.7 Å². The van der Waals surface area contributed by atoms with Gasteiger partial charge in [0.25, 0.3) is 0 Å². The number of carbonyl (C=O) groups excluding carboxylic acids is 1. The first kappa shape index (κ1) is 13.3. The standard InChI is InChI=1S/C14H20O4/c1-4-5-9-7-14(17)8-12(13(2,3)16)18-11(14)6-10(9)15/h4,6,9,12,16-17H,1,5,7-8H2,2-3H3/t9-,12-,14-/m1/s1. The summed E-state index contributed by atoms with van der Waals surface area (Å²) < 4.78 is 5.54. The van der Waals surface area contributed by atoms with Gasteiger partial charge in [-0.3, -0.25) is 4.79 Å². The lowest BCUT2D eigenvalue weighted by Crippen LogP contribution is -2.39. The van der Waals surface area contributed by atoms with Crippen LogP contribution < -0.4 is 0 Å². The summed E-state index contributed by atoms with van der Waals surface area (Å²) >= 11 is 0. The van der Waals surface area contributed by atoms with Crippen molar-refractivity contribution in [3.05, 3.63) is 24.5 Å². The molecule has 0 unspecified atom stereocenters. The number of allylic oxidation sites excluding steroid dienone is 2. The SMILES string of the molecule is C=CC[C@@H]1C[C@@]2(O)C[C@H](C(C)(C)O)OC2=CC1=O. The summed E-state index contributed by atoms with van der Waals surface area (Å²) in [6, 6.07) is 0. The summed E-state index contributed by atoms with van der Waals surface area (Å²) in [7, 11) is 0. The summed E-state index contributed by atoms with van der Waals surface area (Å²) in [6.45, 7) is 6.91. The van der Waals surface area contributed by atoms with Gasteiger partial charge in [0.1, 0.15) is 17.5 Å². The van der Waals surface area contributed by atoms with Crippen molar-refractivity contribution in [3.63, 3.8) is 0 Å². The van der Waals surface area contributed by atoms with Crippen molar-refractivity contribution in [2.45, 2.75) is 50.4 Å². The first-order chi connectivity index (χ1) is 8.26. The number of hydrogen-bond donors (Lipinski definition) is 2. The van der Waals surface area contributed by atoms with Crippen molar-refractivity contribution in [1.82, 2.24) is 0 Å². The van der Waals surface area contributed by atoms with Gasteiger partial charge in [0.2, 0.25) is 0 Å². The molecule has 0 bridgehead atoms. The van der Waals surface area contributed by atoms with Crippen LogP contribution in [-0.2, 0) is 9.53 Å². The van der Waals surface area contributed by atoms with Gasteiger partial charge in [-0.2, -0.15) is 0 Å². The van der Waals surface area contributed by atoms with Gasteiger partial charge < -0.3 is 14.9 Å². The van der Waals surface area contributed by atoms with Gasteiger partial charge in [-0.25, -0.2) is 0 Å². The number of hydrogen-bond acceptors (Lipinski definition) is 4. The quantitative estimate of drug-likeness (QED) is 0.744. The van der Waals surface area contributed by atoms with Gasteiger partial charge in [0.15, 0.2) is 5.78 Å². The van der Waals surface area contributed by atoms with Crippen molar-refractivity contribution >= 4 is 5.78 Å². The Balaban J connectivity index is 2.24. The summed E-state index contributed by atoms with van der Waals surface area (Å²) in [4.78, 5) is 11.8. The van der Waals surface area contributed by atoms with E-state index >= 15 is 0 Å². The molecule has 100 valence electrons. The monoisotopic (exact) mass is 252 g/mol. The van der Waals surface area contributed by atoms with E-state index in [1.54, 1.807) is 19.9 Å². The molecule has 0 saturated carbocycles. The molecule has 2 rings (SSSR count). The summed E-state index contributed by atoms with van der Waals surface area (Å²) in [5, 5.41) is 20.5. The fourth-order valence-corrected chi connectivity index (χ4v) is 2.61. The highest BCUT2D eigenvalue weighted by Gasteiger charge is 2.52. The Kier molecular flexibility index (Phi) is 3.11. The van der Waals surface area contributed by atoms with Gasteiger partial charge in [0.05, 0.1) is 5.60 Å². The van der Waals surface area contributed by atoms with Gasteiger partial charge in [-0.15, -0.1) is 6.58 Å². The first-order valence-corrected chi connectivity index (χ1v) is 6.24. The van der Waals surface area contributed by atoms with E-state index in [0.29, 0.717) is 25.0 Å².